The molecule has 0 fully saturated rings. The van der Waals surface area contributed by atoms with Crippen LogP contribution in [0, 0.1) is 3.57 Å². The van der Waals surface area contributed by atoms with Gasteiger partial charge in [0.25, 0.3) is 12.3 Å². The van der Waals surface area contributed by atoms with Gasteiger partial charge in [-0.3, -0.25) is 4.79 Å². The molecular formula is C7H5F2IN2O2. The molecule has 3 N–H and O–H groups in total. The van der Waals surface area contributed by atoms with E-state index in [4.69, 9.17) is 10.8 Å². The molecule has 14 heavy (non-hydrogen) atoms. The Hall–Kier alpha value is -0.990. The number of alkyl halides is 2. The number of amides is 1. The maximum absolute atomic E-state index is 12.2. The van der Waals surface area contributed by atoms with Gasteiger partial charge in [0.2, 0.25) is 0 Å². The second-order valence-electron chi connectivity index (χ2n) is 2.39. The summed E-state index contributed by atoms with van der Waals surface area (Å²) in [5.74, 6) is -1.55. The van der Waals surface area contributed by atoms with Gasteiger partial charge < -0.3 is 10.8 Å². The average molecular weight is 314 g/mol. The van der Waals surface area contributed by atoms with Gasteiger partial charge in [-0.2, -0.15) is 0 Å². The average Bonchev–Trinajstić information content (AvgIpc) is 2.02. The van der Waals surface area contributed by atoms with Gasteiger partial charge in [-0.15, -0.1) is 0 Å². The fraction of sp³-hybridized carbons (Fsp3) is 0.143. The van der Waals surface area contributed by atoms with Crippen molar-refractivity contribution in [2.45, 2.75) is 6.43 Å². The molecular weight excluding hydrogens is 309 g/mol. The monoisotopic (exact) mass is 314 g/mol. The molecule has 0 aliphatic rings. The lowest BCUT2D eigenvalue weighted by Gasteiger charge is -2.05. The lowest BCUT2D eigenvalue weighted by molar-refractivity contribution is 0.0992. The molecule has 0 saturated heterocycles. The minimum absolute atomic E-state index is 0.233. The van der Waals surface area contributed by atoms with Crippen molar-refractivity contribution in [3.05, 3.63) is 21.0 Å². The first kappa shape index (κ1) is 11.1. The van der Waals surface area contributed by atoms with E-state index in [1.165, 1.54) is 0 Å². The Morgan fingerprint density at radius 3 is 2.64 bits per heavy atom. The second-order valence-corrected chi connectivity index (χ2v) is 3.55. The zero-order valence-corrected chi connectivity index (χ0v) is 8.83. The van der Waals surface area contributed by atoms with Crippen molar-refractivity contribution in [3.63, 3.8) is 0 Å². The molecule has 1 rings (SSSR count). The zero-order chi connectivity index (χ0) is 10.9. The van der Waals surface area contributed by atoms with Crippen LogP contribution in [-0.4, -0.2) is 16.0 Å². The van der Waals surface area contributed by atoms with Crippen molar-refractivity contribution < 1.29 is 18.7 Å². The number of pyridine rings is 1. The van der Waals surface area contributed by atoms with Crippen LogP contribution >= 0.6 is 22.6 Å². The first-order valence-electron chi connectivity index (χ1n) is 3.41. The van der Waals surface area contributed by atoms with Crippen molar-refractivity contribution in [3.8, 4) is 5.75 Å². The highest BCUT2D eigenvalue weighted by molar-refractivity contribution is 14.1. The van der Waals surface area contributed by atoms with E-state index in [0.29, 0.717) is 0 Å². The van der Waals surface area contributed by atoms with Gasteiger partial charge in [0.1, 0.15) is 17.1 Å². The van der Waals surface area contributed by atoms with Crippen LogP contribution in [0.15, 0.2) is 6.07 Å². The largest absolute Gasteiger partial charge is 0.506 e. The summed E-state index contributed by atoms with van der Waals surface area (Å²) >= 11 is 1.67. The molecule has 4 nitrogen and oxygen atoms in total. The van der Waals surface area contributed by atoms with E-state index in [1.807, 2.05) is 0 Å². The van der Waals surface area contributed by atoms with Crippen molar-refractivity contribution >= 4 is 28.5 Å². The third kappa shape index (κ3) is 2.08. The Labute approximate surface area is 91.3 Å². The normalized spacial score (nSPS) is 10.6. The van der Waals surface area contributed by atoms with E-state index < -0.39 is 23.8 Å². The van der Waals surface area contributed by atoms with Gasteiger partial charge in [0.15, 0.2) is 0 Å². The fourth-order valence-electron chi connectivity index (χ4n) is 0.827. The summed E-state index contributed by atoms with van der Waals surface area (Å²) in [5.41, 5.74) is 3.80. The number of rotatable bonds is 2. The van der Waals surface area contributed by atoms with Crippen molar-refractivity contribution in [1.29, 1.82) is 0 Å². The number of nitrogens with zero attached hydrogens (tertiary/aromatic N) is 1. The predicted molar refractivity (Wildman–Crippen MR) is 52.1 cm³/mol. The Morgan fingerprint density at radius 2 is 2.21 bits per heavy atom. The van der Waals surface area contributed by atoms with Crippen LogP contribution in [0.4, 0.5) is 8.78 Å². The third-order valence-electron chi connectivity index (χ3n) is 1.42. The lowest BCUT2D eigenvalue weighted by Crippen LogP contribution is -2.16. The van der Waals surface area contributed by atoms with Crippen LogP contribution in [0.2, 0.25) is 0 Å². The molecule has 0 aromatic carbocycles. The number of nitrogens with two attached hydrogens (primary N) is 1. The number of hydrogen-bond acceptors (Lipinski definition) is 3. The lowest BCUT2D eigenvalue weighted by atomic mass is 10.2. The molecule has 0 spiro atoms. The molecule has 0 bridgehead atoms. The van der Waals surface area contributed by atoms with Gasteiger partial charge in [-0.25, -0.2) is 13.8 Å². The molecule has 1 aromatic heterocycles. The van der Waals surface area contributed by atoms with Gasteiger partial charge in [0.05, 0.1) is 0 Å². The van der Waals surface area contributed by atoms with E-state index in [1.54, 1.807) is 22.6 Å². The van der Waals surface area contributed by atoms with Crippen LogP contribution in [0.25, 0.3) is 0 Å². The maximum atomic E-state index is 12.2. The topological polar surface area (TPSA) is 76.2 Å². The van der Waals surface area contributed by atoms with Gasteiger partial charge >= 0.3 is 0 Å². The highest BCUT2D eigenvalue weighted by Gasteiger charge is 2.19. The molecule has 0 aliphatic heterocycles. The highest BCUT2D eigenvalue weighted by Crippen LogP contribution is 2.28. The molecule has 0 radical (unpaired) electrons. The van der Waals surface area contributed by atoms with E-state index in [9.17, 15) is 13.6 Å². The third-order valence-corrected chi connectivity index (χ3v) is 2.25. The quantitative estimate of drug-likeness (QED) is 0.811. The van der Waals surface area contributed by atoms with E-state index in [0.717, 1.165) is 6.07 Å². The molecule has 0 saturated carbocycles. The fourth-order valence-corrected chi connectivity index (χ4v) is 1.51. The van der Waals surface area contributed by atoms with E-state index in [2.05, 4.69) is 4.98 Å². The first-order chi connectivity index (χ1) is 6.43. The second kappa shape index (κ2) is 4.03. The van der Waals surface area contributed by atoms with Crippen LogP contribution in [0.5, 0.6) is 5.75 Å². The number of hydrogen-bond donors (Lipinski definition) is 2. The van der Waals surface area contributed by atoms with Crippen LogP contribution in [-0.2, 0) is 0 Å². The predicted octanol–water partition coefficient (Wildman–Crippen LogP) is 1.43. The highest BCUT2D eigenvalue weighted by atomic mass is 127. The minimum atomic E-state index is -2.94. The summed E-state index contributed by atoms with van der Waals surface area (Å²) in [6, 6.07) is 1.02. The van der Waals surface area contributed by atoms with Gasteiger partial charge in [0, 0.05) is 3.57 Å². The SMILES string of the molecule is NC(=O)c1nc(C(F)F)c(O)cc1I. The summed E-state index contributed by atoms with van der Waals surface area (Å²) in [7, 11) is 0. The molecule has 1 aromatic rings. The molecule has 76 valence electrons. The van der Waals surface area contributed by atoms with Crippen molar-refractivity contribution in [1.82, 2.24) is 4.98 Å². The van der Waals surface area contributed by atoms with Crippen molar-refractivity contribution in [2.75, 3.05) is 0 Å². The Kier molecular flexibility index (Phi) is 3.19. The molecule has 0 atom stereocenters. The molecule has 0 unspecified atom stereocenters. The Morgan fingerprint density at radius 1 is 1.64 bits per heavy atom. The summed E-state index contributed by atoms with van der Waals surface area (Å²) in [5, 5.41) is 9.07. The smallest absolute Gasteiger partial charge is 0.284 e. The van der Waals surface area contributed by atoms with Crippen molar-refractivity contribution in [2.24, 2.45) is 5.73 Å². The summed E-state index contributed by atoms with van der Waals surface area (Å²) < 4.78 is 24.7. The standard InChI is InChI=1S/C7H5F2IN2O2/c8-6(9)5-3(13)1-2(10)4(12-5)7(11)14/h1,6,13H,(H2,11,14). The van der Waals surface area contributed by atoms with Gasteiger partial charge in [-0.1, -0.05) is 0 Å². The van der Waals surface area contributed by atoms with Crippen LogP contribution in [0.3, 0.4) is 0 Å². The first-order valence-corrected chi connectivity index (χ1v) is 4.48. The Bertz CT molecular complexity index is 384. The maximum Gasteiger partial charge on any atom is 0.284 e. The number of primary amides is 1. The number of aromatic hydroxyl groups is 1. The minimum Gasteiger partial charge on any atom is -0.506 e. The zero-order valence-electron chi connectivity index (χ0n) is 6.67. The van der Waals surface area contributed by atoms with Gasteiger partial charge in [-0.05, 0) is 28.7 Å². The number of aromatic nitrogens is 1. The van der Waals surface area contributed by atoms with E-state index >= 15 is 0 Å². The summed E-state index contributed by atoms with van der Waals surface area (Å²) in [6.45, 7) is 0. The number of halogens is 3. The molecule has 0 aliphatic carbocycles. The van der Waals surface area contributed by atoms with E-state index in [-0.39, 0.29) is 9.26 Å². The molecule has 1 heterocycles. The molecule has 7 heteroatoms. The summed E-state index contributed by atoms with van der Waals surface area (Å²) in [6.07, 6.45) is -2.94. The summed E-state index contributed by atoms with van der Waals surface area (Å²) in [4.78, 5) is 14.0. The number of carbonyl (C=O) groups excluding carboxylic acids is 1. The Balaban J connectivity index is 3.34. The molecule has 1 amide bonds. The van der Waals surface area contributed by atoms with Crippen LogP contribution < -0.4 is 5.73 Å². The number of carbonyl (C=O) groups is 1. The van der Waals surface area contributed by atoms with Crippen LogP contribution in [0.1, 0.15) is 22.6 Å².